The van der Waals surface area contributed by atoms with Gasteiger partial charge in [0, 0.05) is 23.6 Å². The van der Waals surface area contributed by atoms with Crippen LogP contribution < -0.4 is 0 Å². The second-order valence-corrected chi connectivity index (χ2v) is 10.0. The van der Waals surface area contributed by atoms with Crippen molar-refractivity contribution in [3.8, 4) is 0 Å². The SMILES string of the molecule is Cc1nc(SCC(=O)N2N=C(c3ccco3)CC2c2cccs2)n(CC2CCCO2)c1C. The number of ether oxygens (including phenoxy) is 1. The van der Waals surface area contributed by atoms with Crippen LogP contribution in [0.5, 0.6) is 0 Å². The number of thiophene rings is 1. The lowest BCUT2D eigenvalue weighted by atomic mass is 10.1. The number of thioether (sulfide) groups is 1. The molecule has 0 radical (unpaired) electrons. The third-order valence-electron chi connectivity index (χ3n) is 6.00. The fraction of sp³-hybridized carbons (Fsp3) is 0.435. The second-order valence-electron chi connectivity index (χ2n) is 8.10. The van der Waals surface area contributed by atoms with Gasteiger partial charge in [-0.25, -0.2) is 9.99 Å². The minimum absolute atomic E-state index is 0.0306. The molecule has 2 aliphatic heterocycles. The molecule has 5 heterocycles. The van der Waals surface area contributed by atoms with Crippen molar-refractivity contribution in [2.45, 2.75) is 57.0 Å². The molecule has 9 heteroatoms. The molecular formula is C23H26N4O3S2. The van der Waals surface area contributed by atoms with Gasteiger partial charge in [-0.05, 0) is 50.3 Å². The number of carbonyl (C=O) groups is 1. The summed E-state index contributed by atoms with van der Waals surface area (Å²) >= 11 is 3.12. The summed E-state index contributed by atoms with van der Waals surface area (Å²) in [6, 6.07) is 7.70. The van der Waals surface area contributed by atoms with E-state index in [-0.39, 0.29) is 23.8 Å². The summed E-state index contributed by atoms with van der Waals surface area (Å²) < 4.78 is 13.6. The van der Waals surface area contributed by atoms with Gasteiger partial charge in [-0.1, -0.05) is 17.8 Å². The quantitative estimate of drug-likeness (QED) is 0.464. The third-order valence-corrected chi connectivity index (χ3v) is 7.94. The van der Waals surface area contributed by atoms with Crippen LogP contribution in [0, 0.1) is 13.8 Å². The maximum Gasteiger partial charge on any atom is 0.253 e. The lowest BCUT2D eigenvalue weighted by molar-refractivity contribution is -0.130. The maximum absolute atomic E-state index is 13.3. The molecule has 7 nitrogen and oxygen atoms in total. The van der Waals surface area contributed by atoms with Gasteiger partial charge in [0.2, 0.25) is 0 Å². The molecule has 0 bridgehead atoms. The minimum atomic E-state index is -0.0988. The number of hydrogen-bond acceptors (Lipinski definition) is 7. The van der Waals surface area contributed by atoms with Crippen molar-refractivity contribution >= 4 is 34.7 Å². The molecule has 32 heavy (non-hydrogen) atoms. The van der Waals surface area contributed by atoms with Gasteiger partial charge in [-0.3, -0.25) is 4.79 Å². The van der Waals surface area contributed by atoms with Gasteiger partial charge in [0.25, 0.3) is 5.91 Å². The van der Waals surface area contributed by atoms with Gasteiger partial charge in [0.05, 0.1) is 36.4 Å². The van der Waals surface area contributed by atoms with Crippen molar-refractivity contribution in [1.82, 2.24) is 14.6 Å². The lowest BCUT2D eigenvalue weighted by Crippen LogP contribution is -2.28. The summed E-state index contributed by atoms with van der Waals surface area (Å²) in [5, 5.41) is 9.19. The van der Waals surface area contributed by atoms with Gasteiger partial charge in [-0.2, -0.15) is 5.10 Å². The summed E-state index contributed by atoms with van der Waals surface area (Å²) in [5.74, 6) is 0.961. The summed E-state index contributed by atoms with van der Waals surface area (Å²) in [4.78, 5) is 19.1. The van der Waals surface area contributed by atoms with Crippen molar-refractivity contribution in [2.24, 2.45) is 5.10 Å². The molecule has 0 aliphatic carbocycles. The Bertz CT molecular complexity index is 1100. The molecular weight excluding hydrogens is 444 g/mol. The van der Waals surface area contributed by atoms with Crippen molar-refractivity contribution in [2.75, 3.05) is 12.4 Å². The number of nitrogens with zero attached hydrogens (tertiary/aromatic N) is 4. The van der Waals surface area contributed by atoms with Crippen molar-refractivity contribution in [3.05, 3.63) is 57.9 Å². The number of hydrogen-bond donors (Lipinski definition) is 0. The molecule has 3 aromatic rings. The standard InChI is InChI=1S/C23H26N4O3S2/c1-15-16(2)26(13-17-6-3-9-29-17)23(24-15)32-14-22(28)27-19(21-8-5-11-31-21)12-18(25-27)20-7-4-10-30-20/h4-5,7-8,10-11,17,19H,3,6,9,12-14H2,1-2H3. The molecule has 1 saturated heterocycles. The van der Waals surface area contributed by atoms with Gasteiger partial charge in [0.15, 0.2) is 5.16 Å². The van der Waals surface area contributed by atoms with Gasteiger partial charge in [-0.15, -0.1) is 11.3 Å². The zero-order valence-corrected chi connectivity index (χ0v) is 19.8. The van der Waals surface area contributed by atoms with Gasteiger partial charge >= 0.3 is 0 Å². The van der Waals surface area contributed by atoms with Crippen molar-refractivity contribution in [3.63, 3.8) is 0 Å². The lowest BCUT2D eigenvalue weighted by Gasteiger charge is -2.20. The van der Waals surface area contributed by atoms with Crippen LogP contribution in [0.25, 0.3) is 0 Å². The summed E-state index contributed by atoms with van der Waals surface area (Å²) in [6.45, 7) is 5.70. The second kappa shape index (κ2) is 9.25. The molecule has 0 aromatic carbocycles. The van der Waals surface area contributed by atoms with Crippen LogP contribution in [0.1, 0.15) is 47.3 Å². The number of aromatic nitrogens is 2. The number of imidazole rings is 1. The number of amides is 1. The molecule has 5 rings (SSSR count). The van der Waals surface area contributed by atoms with E-state index < -0.39 is 0 Å². The third kappa shape index (κ3) is 4.29. The van der Waals surface area contributed by atoms with E-state index in [2.05, 4.69) is 22.7 Å². The number of furan rings is 1. The molecule has 2 unspecified atom stereocenters. The highest BCUT2D eigenvalue weighted by atomic mass is 32.2. The fourth-order valence-corrected chi connectivity index (χ4v) is 5.93. The average Bonchev–Trinajstić information content (AvgIpc) is 3.59. The van der Waals surface area contributed by atoms with E-state index >= 15 is 0 Å². The number of aryl methyl sites for hydroxylation is 1. The highest BCUT2D eigenvalue weighted by molar-refractivity contribution is 7.99. The van der Waals surface area contributed by atoms with E-state index in [4.69, 9.17) is 14.1 Å². The molecule has 0 spiro atoms. The predicted molar refractivity (Wildman–Crippen MR) is 125 cm³/mol. The molecule has 168 valence electrons. The Kier molecular flexibility index (Phi) is 6.21. The first kappa shape index (κ1) is 21.5. The largest absolute Gasteiger partial charge is 0.463 e. The summed E-state index contributed by atoms with van der Waals surface area (Å²) in [5.41, 5.74) is 2.93. The first-order valence-electron chi connectivity index (χ1n) is 10.8. The normalized spacial score (nSPS) is 20.8. The maximum atomic E-state index is 13.3. The van der Waals surface area contributed by atoms with Crippen LogP contribution >= 0.6 is 23.1 Å². The Morgan fingerprint density at radius 1 is 1.31 bits per heavy atom. The molecule has 0 saturated carbocycles. The Morgan fingerprint density at radius 3 is 2.94 bits per heavy atom. The Morgan fingerprint density at radius 2 is 2.22 bits per heavy atom. The highest BCUT2D eigenvalue weighted by Crippen LogP contribution is 2.36. The van der Waals surface area contributed by atoms with Crippen molar-refractivity contribution < 1.29 is 13.9 Å². The smallest absolute Gasteiger partial charge is 0.253 e. The molecule has 3 aromatic heterocycles. The minimum Gasteiger partial charge on any atom is -0.463 e. The van der Waals surface area contributed by atoms with E-state index in [1.807, 2.05) is 30.5 Å². The van der Waals surface area contributed by atoms with Crippen LogP contribution in [0.4, 0.5) is 0 Å². The monoisotopic (exact) mass is 470 g/mol. The Labute approximate surface area is 195 Å². The van der Waals surface area contributed by atoms with E-state index in [1.165, 1.54) is 11.8 Å². The summed E-state index contributed by atoms with van der Waals surface area (Å²) in [7, 11) is 0. The number of carbonyl (C=O) groups excluding carboxylic acids is 1. The predicted octanol–water partition coefficient (Wildman–Crippen LogP) is 4.80. The van der Waals surface area contributed by atoms with E-state index in [0.717, 1.165) is 53.1 Å². The van der Waals surface area contributed by atoms with Crippen LogP contribution in [0.2, 0.25) is 0 Å². The Hall–Kier alpha value is -2.36. The topological polar surface area (TPSA) is 72.9 Å². The number of rotatable bonds is 7. The van der Waals surface area contributed by atoms with E-state index in [1.54, 1.807) is 22.6 Å². The van der Waals surface area contributed by atoms with Crippen molar-refractivity contribution in [1.29, 1.82) is 0 Å². The average molecular weight is 471 g/mol. The van der Waals surface area contributed by atoms with Gasteiger partial charge in [0.1, 0.15) is 11.5 Å². The van der Waals surface area contributed by atoms with Crippen LogP contribution in [0.15, 0.2) is 50.6 Å². The van der Waals surface area contributed by atoms with Gasteiger partial charge < -0.3 is 13.7 Å². The zero-order chi connectivity index (χ0) is 22.1. The molecule has 0 N–H and O–H groups in total. The van der Waals surface area contributed by atoms with Crippen LogP contribution in [-0.2, 0) is 16.1 Å². The first-order valence-corrected chi connectivity index (χ1v) is 12.7. The fourth-order valence-electron chi connectivity index (χ4n) is 4.17. The van der Waals surface area contributed by atoms with E-state index in [9.17, 15) is 4.79 Å². The van der Waals surface area contributed by atoms with Crippen LogP contribution in [0.3, 0.4) is 0 Å². The van der Waals surface area contributed by atoms with E-state index in [0.29, 0.717) is 12.2 Å². The highest BCUT2D eigenvalue weighted by Gasteiger charge is 2.34. The molecule has 1 amide bonds. The Balaban J connectivity index is 1.33. The van der Waals surface area contributed by atoms with Crippen LogP contribution in [-0.4, -0.2) is 44.6 Å². The zero-order valence-electron chi connectivity index (χ0n) is 18.2. The summed E-state index contributed by atoms with van der Waals surface area (Å²) in [6.07, 6.45) is 4.68. The number of hydrazone groups is 1. The molecule has 1 fully saturated rings. The molecule has 2 atom stereocenters. The molecule has 2 aliphatic rings. The first-order chi connectivity index (χ1) is 15.6.